The number of benzene rings is 3. The first-order valence-electron chi connectivity index (χ1n) is 10.1. The molecule has 0 aromatic heterocycles. The highest BCUT2D eigenvalue weighted by Gasteiger charge is 2.22. The van der Waals surface area contributed by atoms with E-state index in [0.29, 0.717) is 5.56 Å². The number of alkyl halides is 1. The molecule has 0 spiro atoms. The van der Waals surface area contributed by atoms with E-state index in [1.165, 1.54) is 16.7 Å². The third-order valence-electron chi connectivity index (χ3n) is 5.52. The molecule has 0 bridgehead atoms. The summed E-state index contributed by atoms with van der Waals surface area (Å²) >= 11 is 0. The number of rotatable bonds is 6. The third kappa shape index (κ3) is 4.56. The maximum atomic E-state index is 14.6. The van der Waals surface area contributed by atoms with Crippen LogP contribution < -0.4 is 0 Å². The third-order valence-corrected chi connectivity index (χ3v) is 5.52. The van der Waals surface area contributed by atoms with Gasteiger partial charge in [-0.25, -0.2) is 4.39 Å². The maximum Gasteiger partial charge on any atom is 0.130 e. The van der Waals surface area contributed by atoms with Gasteiger partial charge in [0.25, 0.3) is 0 Å². The van der Waals surface area contributed by atoms with Crippen molar-refractivity contribution in [3.8, 4) is 11.1 Å². The molecule has 0 aliphatic rings. The Balaban J connectivity index is 1.84. The molecule has 0 aliphatic carbocycles. The van der Waals surface area contributed by atoms with Crippen LogP contribution in [0.25, 0.3) is 22.3 Å². The molecular formula is C28H29F. The van der Waals surface area contributed by atoms with Gasteiger partial charge in [0.15, 0.2) is 0 Å². The number of hydrogen-bond donors (Lipinski definition) is 0. The second-order valence-corrected chi connectivity index (χ2v) is 8.09. The first-order chi connectivity index (χ1) is 13.7. The van der Waals surface area contributed by atoms with E-state index in [9.17, 15) is 4.39 Å². The van der Waals surface area contributed by atoms with E-state index in [4.69, 9.17) is 0 Å². The molecule has 0 fully saturated rings. The number of halogens is 1. The summed E-state index contributed by atoms with van der Waals surface area (Å²) in [6, 6.07) is 22.9. The van der Waals surface area contributed by atoms with Crippen LogP contribution in [0.4, 0.5) is 4.39 Å². The highest BCUT2D eigenvalue weighted by molar-refractivity contribution is 6.03. The summed E-state index contributed by atoms with van der Waals surface area (Å²) in [5.41, 5.74) is 7.54. The molecule has 0 nitrogen and oxygen atoms in total. The minimum Gasteiger partial charge on any atom is -0.239 e. The van der Waals surface area contributed by atoms with Crippen LogP contribution in [0.2, 0.25) is 0 Å². The number of aryl methyl sites for hydroxylation is 2. The van der Waals surface area contributed by atoms with Crippen LogP contribution in [-0.4, -0.2) is 0 Å². The smallest absolute Gasteiger partial charge is 0.130 e. The molecule has 148 valence electrons. The Hall–Kier alpha value is -2.93. The zero-order chi connectivity index (χ0) is 21.2. The number of hydrogen-bond acceptors (Lipinski definition) is 0. The lowest BCUT2D eigenvalue weighted by molar-refractivity contribution is 0.220. The normalized spacial score (nSPS) is 11.3. The van der Waals surface area contributed by atoms with Crippen molar-refractivity contribution in [3.05, 3.63) is 108 Å². The van der Waals surface area contributed by atoms with E-state index in [-0.39, 0.29) is 0 Å². The summed E-state index contributed by atoms with van der Waals surface area (Å²) in [6.45, 7) is 15.7. The van der Waals surface area contributed by atoms with Crippen LogP contribution in [0.5, 0.6) is 0 Å². The van der Waals surface area contributed by atoms with Crippen LogP contribution in [-0.2, 0) is 12.1 Å². The molecule has 1 heteroatoms. The van der Waals surface area contributed by atoms with Gasteiger partial charge in [0.05, 0.1) is 0 Å². The molecule has 0 unspecified atom stereocenters. The van der Waals surface area contributed by atoms with E-state index in [0.717, 1.165) is 34.3 Å². The molecule has 0 heterocycles. The maximum absolute atomic E-state index is 14.6. The zero-order valence-corrected chi connectivity index (χ0v) is 17.9. The van der Waals surface area contributed by atoms with Crippen molar-refractivity contribution in [2.45, 2.75) is 39.8 Å². The van der Waals surface area contributed by atoms with Crippen LogP contribution in [0, 0.1) is 6.92 Å². The lowest BCUT2D eigenvalue weighted by Crippen LogP contribution is -2.11. The van der Waals surface area contributed by atoms with Crippen molar-refractivity contribution < 1.29 is 4.39 Å². The molecule has 0 saturated heterocycles. The van der Waals surface area contributed by atoms with Crippen LogP contribution in [0.15, 0.2) is 79.9 Å². The summed E-state index contributed by atoms with van der Waals surface area (Å²) in [5, 5.41) is 0. The van der Waals surface area contributed by atoms with Crippen LogP contribution >= 0.6 is 0 Å². The van der Waals surface area contributed by atoms with Gasteiger partial charge in [-0.1, -0.05) is 80.7 Å². The van der Waals surface area contributed by atoms with Crippen molar-refractivity contribution in [2.24, 2.45) is 0 Å². The highest BCUT2D eigenvalue weighted by atomic mass is 19.1. The lowest BCUT2D eigenvalue weighted by Gasteiger charge is -2.20. The molecular weight excluding hydrogens is 355 g/mol. The van der Waals surface area contributed by atoms with E-state index < -0.39 is 5.67 Å². The Kier molecular flexibility index (Phi) is 5.88. The molecule has 3 aromatic carbocycles. The fourth-order valence-electron chi connectivity index (χ4n) is 3.60. The Labute approximate surface area is 174 Å². The van der Waals surface area contributed by atoms with Crippen molar-refractivity contribution in [1.82, 2.24) is 0 Å². The summed E-state index contributed by atoms with van der Waals surface area (Å²) in [4.78, 5) is 0. The standard InChI is InChI=1S/C28H29F/c1-7-22-9-12-24(13-10-22)25-16-14-23(15-17-25)20(3)21(4)26-11-8-19(2)27(18-26)28(5,6)29/h8-18H,3-4,7H2,1-2,5-6H3. The number of allylic oxidation sites excluding steroid dienone is 2. The average molecular weight is 385 g/mol. The Morgan fingerprint density at radius 1 is 0.793 bits per heavy atom. The van der Waals surface area contributed by atoms with Gasteiger partial charge in [0.1, 0.15) is 5.67 Å². The Morgan fingerprint density at radius 3 is 1.79 bits per heavy atom. The van der Waals surface area contributed by atoms with Crippen LogP contribution in [0.1, 0.15) is 48.6 Å². The predicted molar refractivity (Wildman–Crippen MR) is 125 cm³/mol. The summed E-state index contributed by atoms with van der Waals surface area (Å²) < 4.78 is 14.6. The van der Waals surface area contributed by atoms with Crippen molar-refractivity contribution >= 4 is 11.1 Å². The minimum absolute atomic E-state index is 0.690. The Bertz CT molecular complexity index is 1030. The van der Waals surface area contributed by atoms with Gasteiger partial charge in [0.2, 0.25) is 0 Å². The van der Waals surface area contributed by atoms with Crippen molar-refractivity contribution in [1.29, 1.82) is 0 Å². The van der Waals surface area contributed by atoms with Gasteiger partial charge < -0.3 is 0 Å². The second-order valence-electron chi connectivity index (χ2n) is 8.09. The van der Waals surface area contributed by atoms with Gasteiger partial charge in [-0.15, -0.1) is 0 Å². The molecule has 29 heavy (non-hydrogen) atoms. The largest absolute Gasteiger partial charge is 0.239 e. The fraction of sp³-hybridized carbons (Fsp3) is 0.214. The van der Waals surface area contributed by atoms with Gasteiger partial charge in [-0.2, -0.15) is 0 Å². The second kappa shape index (κ2) is 8.21. The van der Waals surface area contributed by atoms with Gasteiger partial charge in [0, 0.05) is 0 Å². The average Bonchev–Trinajstić information content (AvgIpc) is 2.72. The molecule has 0 atom stereocenters. The topological polar surface area (TPSA) is 0 Å². The molecule has 3 aromatic rings. The van der Waals surface area contributed by atoms with E-state index >= 15 is 0 Å². The molecule has 0 aliphatic heterocycles. The minimum atomic E-state index is -1.39. The summed E-state index contributed by atoms with van der Waals surface area (Å²) in [5.74, 6) is 0. The molecule has 0 N–H and O–H groups in total. The fourth-order valence-corrected chi connectivity index (χ4v) is 3.60. The predicted octanol–water partition coefficient (Wildman–Crippen LogP) is 8.16. The molecule has 0 amide bonds. The van der Waals surface area contributed by atoms with Gasteiger partial charge >= 0.3 is 0 Å². The van der Waals surface area contributed by atoms with Crippen LogP contribution in [0.3, 0.4) is 0 Å². The summed E-state index contributed by atoms with van der Waals surface area (Å²) in [7, 11) is 0. The first kappa shape index (κ1) is 20.8. The van der Waals surface area contributed by atoms with E-state index in [2.05, 4.69) is 68.6 Å². The monoisotopic (exact) mass is 384 g/mol. The van der Waals surface area contributed by atoms with Crippen molar-refractivity contribution in [2.75, 3.05) is 0 Å². The molecule has 0 saturated carbocycles. The van der Waals surface area contributed by atoms with Gasteiger partial charge in [-0.3, -0.25) is 0 Å². The highest BCUT2D eigenvalue weighted by Crippen LogP contribution is 2.34. The first-order valence-corrected chi connectivity index (χ1v) is 10.1. The molecule has 0 radical (unpaired) electrons. The van der Waals surface area contributed by atoms with E-state index in [1.807, 2.05) is 25.1 Å². The molecule has 3 rings (SSSR count). The van der Waals surface area contributed by atoms with E-state index in [1.54, 1.807) is 13.8 Å². The zero-order valence-electron chi connectivity index (χ0n) is 17.9. The summed E-state index contributed by atoms with van der Waals surface area (Å²) in [6.07, 6.45) is 1.04. The van der Waals surface area contributed by atoms with Gasteiger partial charge in [-0.05, 0) is 83.3 Å². The Morgan fingerprint density at radius 2 is 1.28 bits per heavy atom. The quantitative estimate of drug-likeness (QED) is 0.376. The SMILES string of the molecule is C=C(C(=C)c1ccc(C)c(C(C)(C)F)c1)c1ccc(-c2ccc(CC)cc2)cc1. The lowest BCUT2D eigenvalue weighted by atomic mass is 9.88. The van der Waals surface area contributed by atoms with Crippen molar-refractivity contribution in [3.63, 3.8) is 0 Å².